The van der Waals surface area contributed by atoms with Crippen LogP contribution in [0.4, 0.5) is 0 Å². The van der Waals surface area contributed by atoms with Gasteiger partial charge in [-0.25, -0.2) is 9.97 Å². The quantitative estimate of drug-likeness (QED) is 0.0701. The lowest BCUT2D eigenvalue weighted by Gasteiger charge is -2.17. The third kappa shape index (κ3) is 7.52. The summed E-state index contributed by atoms with van der Waals surface area (Å²) in [6.07, 6.45) is 13.1. The second kappa shape index (κ2) is 16.3. The largest absolute Gasteiger partial charge is 0.493 e. The third-order valence-electron chi connectivity index (χ3n) is 8.64. The smallest absolute Gasteiger partial charge is 0.272 e. The number of methoxy groups -OCH3 is 3. The zero-order valence-corrected chi connectivity index (χ0v) is 29.4. The highest BCUT2D eigenvalue weighted by atomic mass is 32.2. The van der Waals surface area contributed by atoms with Crippen molar-refractivity contribution < 1.29 is 14.2 Å². The Morgan fingerprint density at radius 2 is 1.66 bits per heavy atom. The first-order chi connectivity index (χ1) is 22.9. The summed E-state index contributed by atoms with van der Waals surface area (Å²) in [5, 5.41) is 11.5. The van der Waals surface area contributed by atoms with Crippen LogP contribution in [0, 0.1) is 11.3 Å². The summed E-state index contributed by atoms with van der Waals surface area (Å²) in [6, 6.07) is 5.53. The monoisotopic (exact) mass is 677 g/mol. The van der Waals surface area contributed by atoms with Gasteiger partial charge in [0.2, 0.25) is 5.75 Å². The van der Waals surface area contributed by atoms with Gasteiger partial charge in [0.1, 0.15) is 16.5 Å². The van der Waals surface area contributed by atoms with Crippen LogP contribution in [0.1, 0.15) is 80.7 Å². The molecule has 250 valence electrons. The van der Waals surface area contributed by atoms with Crippen molar-refractivity contribution in [1.82, 2.24) is 19.1 Å². The number of hydrogen-bond donors (Lipinski definition) is 0. The normalized spacial score (nSPS) is 12.6. The molecule has 10 nitrogen and oxygen atoms in total. The first kappa shape index (κ1) is 34.5. The van der Waals surface area contributed by atoms with Crippen LogP contribution in [0.5, 0.6) is 17.2 Å². The molecule has 0 fully saturated rings. The maximum Gasteiger partial charge on any atom is 0.272 e. The van der Waals surface area contributed by atoms with Gasteiger partial charge in [0, 0.05) is 29.3 Å². The van der Waals surface area contributed by atoms with Crippen LogP contribution in [0.25, 0.3) is 21.5 Å². The van der Waals surface area contributed by atoms with E-state index in [9.17, 15) is 14.9 Å². The van der Waals surface area contributed by atoms with Gasteiger partial charge in [-0.2, -0.15) is 5.26 Å². The fourth-order valence-electron chi connectivity index (χ4n) is 6.16. The topological polar surface area (TPSA) is 121 Å². The van der Waals surface area contributed by atoms with Crippen molar-refractivity contribution in [3.63, 3.8) is 0 Å². The minimum absolute atomic E-state index is 0.0281. The Balaban J connectivity index is 1.42. The van der Waals surface area contributed by atoms with Gasteiger partial charge >= 0.3 is 0 Å². The van der Waals surface area contributed by atoms with Crippen LogP contribution in [0.2, 0.25) is 0 Å². The summed E-state index contributed by atoms with van der Waals surface area (Å²) < 4.78 is 19.9. The Hall–Kier alpha value is -3.82. The van der Waals surface area contributed by atoms with Crippen LogP contribution in [-0.4, -0.2) is 46.2 Å². The molecule has 47 heavy (non-hydrogen) atoms. The molecule has 0 N–H and O–H groups in total. The number of ether oxygens (including phenoxy) is 3. The highest BCUT2D eigenvalue weighted by Crippen LogP contribution is 2.41. The van der Waals surface area contributed by atoms with Crippen LogP contribution < -0.4 is 25.3 Å². The van der Waals surface area contributed by atoms with Gasteiger partial charge in [-0.05, 0) is 56.2 Å². The van der Waals surface area contributed by atoms with E-state index in [0.29, 0.717) is 53.2 Å². The molecule has 0 atom stereocenters. The minimum Gasteiger partial charge on any atom is -0.493 e. The number of unbranched alkanes of at least 4 members (excludes halogenated alkanes) is 5. The van der Waals surface area contributed by atoms with E-state index in [1.807, 2.05) is 0 Å². The fourth-order valence-corrected chi connectivity index (χ4v) is 8.32. The van der Waals surface area contributed by atoms with Gasteiger partial charge in [0.25, 0.3) is 11.1 Å². The van der Waals surface area contributed by atoms with Crippen LogP contribution in [0.15, 0.2) is 33.2 Å². The van der Waals surface area contributed by atoms with Crippen molar-refractivity contribution in [2.45, 2.75) is 95.8 Å². The maximum absolute atomic E-state index is 13.9. The number of fused-ring (bicyclic) bond motifs is 3. The molecule has 1 aromatic carbocycles. The van der Waals surface area contributed by atoms with E-state index in [2.05, 4.69) is 18.0 Å². The van der Waals surface area contributed by atoms with E-state index in [1.54, 1.807) is 38.9 Å². The second-order valence-electron chi connectivity index (χ2n) is 11.7. The fraction of sp³-hybridized carbons (Fsp3) is 0.514. The summed E-state index contributed by atoms with van der Waals surface area (Å²) in [5.74, 6) is 1.84. The van der Waals surface area contributed by atoms with Gasteiger partial charge in [-0.1, -0.05) is 50.8 Å². The standard InChI is InChI=1S/C35H43N5O5S2/c1-5-6-7-8-9-12-17-40-33(41)25(21-36)30(23-19-26(43-2)31(45-4)27(20-23)44-3)38-35(40)46-18-13-16-39-22-37-32-29(34(39)42)24-14-10-11-15-28(24)47-32/h19-20,22H,5-18H2,1-4H3. The zero-order chi connectivity index (χ0) is 33.3. The van der Waals surface area contributed by atoms with E-state index < -0.39 is 0 Å². The number of hydrogen-bond acceptors (Lipinski definition) is 10. The second-order valence-corrected chi connectivity index (χ2v) is 13.9. The van der Waals surface area contributed by atoms with Crippen LogP contribution in [-0.2, 0) is 25.9 Å². The number of thioether (sulfide) groups is 1. The molecule has 3 aromatic heterocycles. The molecule has 3 heterocycles. The molecule has 0 amide bonds. The summed E-state index contributed by atoms with van der Waals surface area (Å²) in [6.45, 7) is 3.18. The Morgan fingerprint density at radius 3 is 2.36 bits per heavy atom. The predicted octanol–water partition coefficient (Wildman–Crippen LogP) is 7.00. The first-order valence-corrected chi connectivity index (χ1v) is 18.2. The molecule has 5 rings (SSSR count). The molecule has 0 unspecified atom stereocenters. The highest BCUT2D eigenvalue weighted by molar-refractivity contribution is 7.99. The van der Waals surface area contributed by atoms with Crippen molar-refractivity contribution in [2.75, 3.05) is 27.1 Å². The number of aromatic nitrogens is 4. The Kier molecular flexibility index (Phi) is 12.0. The molecular formula is C35H43N5O5S2. The van der Waals surface area contributed by atoms with Crippen molar-refractivity contribution in [1.29, 1.82) is 5.26 Å². The number of benzene rings is 1. The number of thiophene rings is 1. The van der Waals surface area contributed by atoms with Gasteiger partial charge in [-0.15, -0.1) is 11.3 Å². The van der Waals surface area contributed by atoms with Gasteiger partial charge in [0.15, 0.2) is 16.7 Å². The van der Waals surface area contributed by atoms with E-state index in [0.717, 1.165) is 48.7 Å². The molecule has 0 aliphatic heterocycles. The van der Waals surface area contributed by atoms with Crippen molar-refractivity contribution in [3.8, 4) is 34.6 Å². The summed E-state index contributed by atoms with van der Waals surface area (Å²) in [4.78, 5) is 39.0. The van der Waals surface area contributed by atoms with Crippen molar-refractivity contribution >= 4 is 33.3 Å². The number of rotatable bonds is 16. The summed E-state index contributed by atoms with van der Waals surface area (Å²) in [7, 11) is 4.56. The molecular weight excluding hydrogens is 635 g/mol. The number of nitrogens with zero attached hydrogens (tertiary/aromatic N) is 5. The number of aryl methyl sites for hydroxylation is 3. The Bertz CT molecular complexity index is 1850. The van der Waals surface area contributed by atoms with E-state index in [4.69, 9.17) is 19.2 Å². The SMILES string of the molecule is CCCCCCCCn1c(SCCCn2cnc3sc4c(c3c2=O)CCCC4)nc(-c2cc(OC)c(OC)c(OC)c2)c(C#N)c1=O. The molecule has 4 aromatic rings. The Morgan fingerprint density at radius 1 is 0.936 bits per heavy atom. The molecule has 0 spiro atoms. The molecule has 0 saturated carbocycles. The molecule has 1 aliphatic carbocycles. The first-order valence-electron chi connectivity index (χ1n) is 16.4. The zero-order valence-electron chi connectivity index (χ0n) is 27.7. The van der Waals surface area contributed by atoms with E-state index in [1.165, 1.54) is 69.2 Å². The maximum atomic E-state index is 13.9. The van der Waals surface area contributed by atoms with Gasteiger partial charge in [0.05, 0.1) is 38.7 Å². The predicted molar refractivity (Wildman–Crippen MR) is 188 cm³/mol. The number of nitriles is 1. The average Bonchev–Trinajstić information content (AvgIpc) is 3.48. The summed E-state index contributed by atoms with van der Waals surface area (Å²) in [5.41, 5.74) is 1.62. The average molecular weight is 678 g/mol. The van der Waals surface area contributed by atoms with Crippen LogP contribution >= 0.6 is 23.1 Å². The van der Waals surface area contributed by atoms with Gasteiger partial charge < -0.3 is 14.2 Å². The van der Waals surface area contributed by atoms with Crippen molar-refractivity contribution in [2.24, 2.45) is 0 Å². The van der Waals surface area contributed by atoms with E-state index in [-0.39, 0.29) is 22.4 Å². The van der Waals surface area contributed by atoms with Crippen molar-refractivity contribution in [3.05, 3.63) is 55.2 Å². The molecule has 0 saturated heterocycles. The highest BCUT2D eigenvalue weighted by Gasteiger charge is 2.23. The minimum atomic E-state index is -0.365. The third-order valence-corrected chi connectivity index (χ3v) is 10.9. The summed E-state index contributed by atoms with van der Waals surface area (Å²) >= 11 is 3.12. The molecule has 0 radical (unpaired) electrons. The Labute approximate surface area is 283 Å². The van der Waals surface area contributed by atoms with E-state index >= 15 is 0 Å². The molecule has 12 heteroatoms. The molecule has 1 aliphatic rings. The lowest BCUT2D eigenvalue weighted by Crippen LogP contribution is -2.27. The lowest BCUT2D eigenvalue weighted by atomic mass is 9.97. The van der Waals surface area contributed by atoms with Gasteiger partial charge in [-0.3, -0.25) is 18.7 Å². The van der Waals surface area contributed by atoms with Crippen LogP contribution in [0.3, 0.4) is 0 Å². The lowest BCUT2D eigenvalue weighted by molar-refractivity contribution is 0.324. The molecule has 0 bridgehead atoms.